The van der Waals surface area contributed by atoms with Crippen LogP contribution in [0.1, 0.15) is 32.9 Å². The molecule has 0 radical (unpaired) electrons. The van der Waals surface area contributed by atoms with Gasteiger partial charge in [-0.2, -0.15) is 5.10 Å². The summed E-state index contributed by atoms with van der Waals surface area (Å²) in [6.45, 7) is 7.58. The molecule has 1 aliphatic heterocycles. The molecule has 1 saturated heterocycles. The highest BCUT2D eigenvalue weighted by molar-refractivity contribution is 5.81. The van der Waals surface area contributed by atoms with E-state index in [1.165, 1.54) is 0 Å². The first-order valence-electron chi connectivity index (χ1n) is 8.03. The summed E-state index contributed by atoms with van der Waals surface area (Å²) in [5.41, 5.74) is 2.43. The number of amides is 1. The fourth-order valence-corrected chi connectivity index (χ4v) is 2.99. The average molecular weight is 313 g/mol. The van der Waals surface area contributed by atoms with Gasteiger partial charge in [0.25, 0.3) is 0 Å². The molecule has 23 heavy (non-hydrogen) atoms. The van der Waals surface area contributed by atoms with E-state index in [1.807, 2.05) is 38.1 Å². The summed E-state index contributed by atoms with van der Waals surface area (Å²) in [6, 6.07) is 0. The minimum Gasteiger partial charge on any atom is -0.342 e. The highest BCUT2D eigenvalue weighted by Gasteiger charge is 2.32. The van der Waals surface area contributed by atoms with Crippen molar-refractivity contribution in [3.05, 3.63) is 30.5 Å². The van der Waals surface area contributed by atoms with Crippen molar-refractivity contribution in [2.45, 2.75) is 33.6 Å². The van der Waals surface area contributed by atoms with E-state index in [9.17, 15) is 4.79 Å². The Labute approximate surface area is 136 Å². The van der Waals surface area contributed by atoms with E-state index in [-0.39, 0.29) is 11.3 Å². The van der Waals surface area contributed by atoms with E-state index in [0.29, 0.717) is 5.92 Å². The Morgan fingerprint density at radius 3 is 2.87 bits per heavy atom. The quantitative estimate of drug-likeness (QED) is 0.943. The number of H-pyrrole nitrogens is 1. The van der Waals surface area contributed by atoms with E-state index < -0.39 is 0 Å². The van der Waals surface area contributed by atoms with Crippen molar-refractivity contribution < 1.29 is 4.79 Å². The van der Waals surface area contributed by atoms with Crippen LogP contribution in [0.15, 0.2) is 24.8 Å². The second-order valence-electron chi connectivity index (χ2n) is 7.24. The summed E-state index contributed by atoms with van der Waals surface area (Å²) in [5.74, 6) is 0.688. The average Bonchev–Trinajstić information content (AvgIpc) is 3.17. The highest BCUT2D eigenvalue weighted by Crippen LogP contribution is 2.26. The molecule has 1 fully saturated rings. The third kappa shape index (κ3) is 3.57. The molecule has 0 aliphatic carbocycles. The summed E-state index contributed by atoms with van der Waals surface area (Å²) in [6.07, 6.45) is 9.00. The predicted octanol–water partition coefficient (Wildman–Crippen LogP) is 2.30. The maximum absolute atomic E-state index is 12.4. The van der Waals surface area contributed by atoms with E-state index in [1.54, 1.807) is 12.4 Å². The van der Waals surface area contributed by atoms with Crippen LogP contribution in [0.5, 0.6) is 0 Å². The Balaban J connectivity index is 1.65. The van der Waals surface area contributed by atoms with Crippen LogP contribution in [-0.2, 0) is 11.2 Å². The van der Waals surface area contributed by atoms with Crippen molar-refractivity contribution in [2.75, 3.05) is 13.1 Å². The van der Waals surface area contributed by atoms with Gasteiger partial charge in [-0.25, -0.2) is 4.98 Å². The van der Waals surface area contributed by atoms with Crippen molar-refractivity contribution in [3.8, 4) is 11.3 Å². The maximum atomic E-state index is 12.4. The van der Waals surface area contributed by atoms with Gasteiger partial charge in [0.15, 0.2) is 0 Å². The number of carbonyl (C=O) groups excluding carboxylic acids is 1. The lowest BCUT2D eigenvalue weighted by molar-refractivity contribution is -0.138. The lowest BCUT2D eigenvalue weighted by atomic mass is 9.95. The van der Waals surface area contributed by atoms with Crippen LogP contribution in [0.25, 0.3) is 11.3 Å². The number of nitrogens with zero attached hydrogens (tertiary/aromatic N) is 4. The van der Waals surface area contributed by atoms with E-state index >= 15 is 0 Å². The zero-order valence-corrected chi connectivity index (χ0v) is 13.9. The topological polar surface area (TPSA) is 74.8 Å². The van der Waals surface area contributed by atoms with Crippen molar-refractivity contribution in [2.24, 2.45) is 11.3 Å². The smallest absolute Gasteiger partial charge is 0.227 e. The van der Waals surface area contributed by atoms with Gasteiger partial charge in [0.1, 0.15) is 0 Å². The second kappa shape index (κ2) is 6.10. The van der Waals surface area contributed by atoms with Gasteiger partial charge in [0, 0.05) is 36.5 Å². The molecule has 0 bridgehead atoms. The van der Waals surface area contributed by atoms with Crippen LogP contribution in [0.4, 0.5) is 0 Å². The number of aromatic amines is 1. The number of nitrogens with one attached hydrogen (secondary N) is 1. The van der Waals surface area contributed by atoms with Gasteiger partial charge in [-0.1, -0.05) is 20.8 Å². The Morgan fingerprint density at radius 2 is 2.17 bits per heavy atom. The summed E-state index contributed by atoms with van der Waals surface area (Å²) in [5, 5.41) is 6.74. The van der Waals surface area contributed by atoms with E-state index in [0.717, 1.165) is 42.9 Å². The molecule has 0 spiro atoms. The standard InChI is InChI=1S/C17H23N5O/c1-17(2,3)16(23)22-5-4-12(11-22)6-14-9-18-10-15(21-14)13-7-19-20-8-13/h7-10,12H,4-6,11H2,1-3H3,(H,19,20). The van der Waals surface area contributed by atoms with Gasteiger partial charge in [0.05, 0.1) is 23.8 Å². The predicted molar refractivity (Wildman–Crippen MR) is 87.5 cm³/mol. The Kier molecular flexibility index (Phi) is 4.15. The molecule has 1 atom stereocenters. The molecule has 1 unspecified atom stereocenters. The molecule has 2 aromatic rings. The zero-order valence-electron chi connectivity index (χ0n) is 13.9. The van der Waals surface area contributed by atoms with Crippen molar-refractivity contribution in [1.29, 1.82) is 0 Å². The minimum atomic E-state index is -0.310. The molecule has 0 aromatic carbocycles. The number of likely N-dealkylation sites (tertiary alicyclic amines) is 1. The second-order valence-corrected chi connectivity index (χ2v) is 7.24. The van der Waals surface area contributed by atoms with Gasteiger partial charge < -0.3 is 4.90 Å². The molecular formula is C17H23N5O. The molecule has 122 valence electrons. The van der Waals surface area contributed by atoms with Crippen LogP contribution in [-0.4, -0.2) is 44.1 Å². The van der Waals surface area contributed by atoms with Crippen LogP contribution >= 0.6 is 0 Å². The largest absolute Gasteiger partial charge is 0.342 e. The van der Waals surface area contributed by atoms with Gasteiger partial charge in [-0.05, 0) is 18.8 Å². The van der Waals surface area contributed by atoms with Gasteiger partial charge >= 0.3 is 0 Å². The third-order valence-electron chi connectivity index (χ3n) is 4.19. The first-order chi connectivity index (χ1) is 10.9. The number of carbonyl (C=O) groups is 1. The molecule has 3 rings (SSSR count). The molecule has 0 saturated carbocycles. The maximum Gasteiger partial charge on any atom is 0.227 e. The molecule has 1 N–H and O–H groups in total. The third-order valence-corrected chi connectivity index (χ3v) is 4.19. The van der Waals surface area contributed by atoms with Crippen molar-refractivity contribution >= 4 is 5.91 Å². The summed E-state index contributed by atoms with van der Waals surface area (Å²) in [7, 11) is 0. The van der Waals surface area contributed by atoms with E-state index in [4.69, 9.17) is 0 Å². The first kappa shape index (κ1) is 15.6. The van der Waals surface area contributed by atoms with Crippen LogP contribution in [0.3, 0.4) is 0 Å². The van der Waals surface area contributed by atoms with Crippen molar-refractivity contribution in [1.82, 2.24) is 25.1 Å². The SMILES string of the molecule is CC(C)(C)C(=O)N1CCC(Cc2cncc(-c3cn[nH]c3)n2)C1. The fourth-order valence-electron chi connectivity index (χ4n) is 2.99. The normalized spacial score (nSPS) is 18.4. The van der Waals surface area contributed by atoms with Crippen LogP contribution < -0.4 is 0 Å². The molecule has 6 heteroatoms. The fraction of sp³-hybridized carbons (Fsp3) is 0.529. The lowest BCUT2D eigenvalue weighted by Crippen LogP contribution is -2.38. The van der Waals surface area contributed by atoms with Gasteiger partial charge in [0.2, 0.25) is 5.91 Å². The Hall–Kier alpha value is -2.24. The Morgan fingerprint density at radius 1 is 1.35 bits per heavy atom. The monoisotopic (exact) mass is 313 g/mol. The van der Waals surface area contributed by atoms with Crippen LogP contribution in [0, 0.1) is 11.3 Å². The molecule has 6 nitrogen and oxygen atoms in total. The summed E-state index contributed by atoms with van der Waals surface area (Å²) < 4.78 is 0. The molecule has 1 aliphatic rings. The van der Waals surface area contributed by atoms with Crippen molar-refractivity contribution in [3.63, 3.8) is 0 Å². The van der Waals surface area contributed by atoms with Gasteiger partial charge in [-0.3, -0.25) is 14.9 Å². The highest BCUT2D eigenvalue weighted by atomic mass is 16.2. The number of hydrogen-bond donors (Lipinski definition) is 1. The number of rotatable bonds is 3. The van der Waals surface area contributed by atoms with Crippen LogP contribution in [0.2, 0.25) is 0 Å². The molecule has 3 heterocycles. The van der Waals surface area contributed by atoms with Gasteiger partial charge in [-0.15, -0.1) is 0 Å². The number of hydrogen-bond acceptors (Lipinski definition) is 4. The zero-order chi connectivity index (χ0) is 16.4. The summed E-state index contributed by atoms with van der Waals surface area (Å²) >= 11 is 0. The molecule has 2 aromatic heterocycles. The molecule has 1 amide bonds. The first-order valence-corrected chi connectivity index (χ1v) is 8.03. The lowest BCUT2D eigenvalue weighted by Gasteiger charge is -2.25. The Bertz CT molecular complexity index is 675. The number of aromatic nitrogens is 4. The van der Waals surface area contributed by atoms with E-state index in [2.05, 4.69) is 20.2 Å². The summed E-state index contributed by atoms with van der Waals surface area (Å²) in [4.78, 5) is 23.3. The minimum absolute atomic E-state index is 0.234. The molecular weight excluding hydrogens is 290 g/mol.